The lowest BCUT2D eigenvalue weighted by Gasteiger charge is -2.26. The maximum atomic E-state index is 12.8. The summed E-state index contributed by atoms with van der Waals surface area (Å²) in [4.78, 5) is 42.7. The Labute approximate surface area is 183 Å². The van der Waals surface area contributed by atoms with E-state index >= 15 is 0 Å². The van der Waals surface area contributed by atoms with Crippen LogP contribution in [0.4, 0.5) is 0 Å². The number of nitrogens with zero attached hydrogens (tertiary/aromatic N) is 3. The third-order valence-electron chi connectivity index (χ3n) is 5.22. The molecular formula is C22H33N3O4S. The van der Waals surface area contributed by atoms with Crippen molar-refractivity contribution in [2.24, 2.45) is 0 Å². The molecule has 0 unspecified atom stereocenters. The highest BCUT2D eigenvalue weighted by Crippen LogP contribution is 2.12. The van der Waals surface area contributed by atoms with E-state index in [-0.39, 0.29) is 30.9 Å². The minimum Gasteiger partial charge on any atom is -0.365 e. The minimum absolute atomic E-state index is 0.0440. The van der Waals surface area contributed by atoms with Crippen LogP contribution in [0.15, 0.2) is 30.3 Å². The first-order chi connectivity index (χ1) is 14.5. The normalized spacial score (nSPS) is 17.0. The Morgan fingerprint density at radius 1 is 1.17 bits per heavy atom. The Morgan fingerprint density at radius 2 is 1.87 bits per heavy atom. The number of carbonyl (C=O) groups excluding carboxylic acids is 3. The average Bonchev–Trinajstić information content (AvgIpc) is 2.91. The maximum Gasteiger partial charge on any atom is 0.248 e. The van der Waals surface area contributed by atoms with E-state index in [2.05, 4.69) is 0 Å². The molecule has 1 atom stereocenters. The van der Waals surface area contributed by atoms with Crippen molar-refractivity contribution < 1.29 is 19.1 Å². The third kappa shape index (κ3) is 7.32. The molecule has 0 spiro atoms. The number of amides is 3. The Bertz CT molecular complexity index is 697. The number of hydrogen-bond acceptors (Lipinski definition) is 5. The molecule has 1 aromatic carbocycles. The molecule has 1 aliphatic rings. The Balaban J connectivity index is 2.06. The topological polar surface area (TPSA) is 70.2 Å². The van der Waals surface area contributed by atoms with Gasteiger partial charge in [0.2, 0.25) is 17.7 Å². The van der Waals surface area contributed by atoms with Crippen LogP contribution in [0.25, 0.3) is 0 Å². The molecule has 0 N–H and O–H groups in total. The Kier molecular flexibility index (Phi) is 10.2. The van der Waals surface area contributed by atoms with Crippen LogP contribution in [0, 0.1) is 0 Å². The molecule has 2 rings (SSSR count). The molecule has 166 valence electrons. The van der Waals surface area contributed by atoms with Crippen LogP contribution in [0.1, 0.15) is 19.4 Å². The van der Waals surface area contributed by atoms with Crippen molar-refractivity contribution in [3.63, 3.8) is 0 Å². The van der Waals surface area contributed by atoms with Crippen LogP contribution in [-0.4, -0.2) is 96.4 Å². The zero-order valence-corrected chi connectivity index (χ0v) is 19.0. The molecule has 1 aromatic rings. The molecule has 7 nitrogen and oxygen atoms in total. The van der Waals surface area contributed by atoms with Gasteiger partial charge in [0, 0.05) is 32.7 Å². The molecule has 3 amide bonds. The molecule has 0 radical (unpaired) electrons. The number of carbonyl (C=O) groups is 3. The van der Waals surface area contributed by atoms with Gasteiger partial charge in [0.05, 0.1) is 18.4 Å². The first kappa shape index (κ1) is 24.2. The maximum absolute atomic E-state index is 12.8. The van der Waals surface area contributed by atoms with E-state index in [0.29, 0.717) is 38.5 Å². The van der Waals surface area contributed by atoms with Gasteiger partial charge in [-0.25, -0.2) is 0 Å². The Morgan fingerprint density at radius 3 is 2.50 bits per heavy atom. The fourth-order valence-corrected chi connectivity index (χ4v) is 3.90. The van der Waals surface area contributed by atoms with Crippen molar-refractivity contribution in [1.82, 2.24) is 14.7 Å². The number of likely N-dealkylation sites (N-methyl/N-ethyl adjacent to an activating group) is 1. The first-order valence-electron chi connectivity index (χ1n) is 10.5. The lowest BCUT2D eigenvalue weighted by Crippen LogP contribution is -2.42. The van der Waals surface area contributed by atoms with Gasteiger partial charge in [-0.05, 0) is 32.1 Å². The standard InChI is InChI=1S/C22H33N3O4S/c1-4-23(5-2)21(27)16-29-19-13-24(12-11-18-9-7-6-8-10-18)20(26)15-25(14-19)22(28)17-30-3/h6-10,19H,4-5,11-17H2,1-3H3/t19-/m0/s1. The van der Waals surface area contributed by atoms with Crippen LogP contribution >= 0.6 is 11.8 Å². The molecule has 1 saturated heterocycles. The fraction of sp³-hybridized carbons (Fsp3) is 0.591. The van der Waals surface area contributed by atoms with Gasteiger partial charge in [-0.3, -0.25) is 14.4 Å². The van der Waals surface area contributed by atoms with Crippen molar-refractivity contribution in [1.29, 1.82) is 0 Å². The van der Waals surface area contributed by atoms with Gasteiger partial charge in [-0.1, -0.05) is 30.3 Å². The van der Waals surface area contributed by atoms with Crippen LogP contribution in [-0.2, 0) is 25.5 Å². The molecule has 0 saturated carbocycles. The summed E-state index contributed by atoms with van der Waals surface area (Å²) in [5, 5.41) is 0. The quantitative estimate of drug-likeness (QED) is 0.557. The van der Waals surface area contributed by atoms with Crippen molar-refractivity contribution >= 4 is 29.5 Å². The highest BCUT2D eigenvalue weighted by Gasteiger charge is 2.31. The van der Waals surface area contributed by atoms with Crippen molar-refractivity contribution in [2.45, 2.75) is 26.4 Å². The predicted molar refractivity (Wildman–Crippen MR) is 119 cm³/mol. The third-order valence-corrected chi connectivity index (χ3v) is 5.75. The van der Waals surface area contributed by atoms with Gasteiger partial charge < -0.3 is 19.4 Å². The monoisotopic (exact) mass is 435 g/mol. The summed E-state index contributed by atoms with van der Waals surface area (Å²) in [7, 11) is 0. The highest BCUT2D eigenvalue weighted by molar-refractivity contribution is 7.99. The summed E-state index contributed by atoms with van der Waals surface area (Å²) in [6.45, 7) is 6.37. The second-order valence-corrected chi connectivity index (χ2v) is 8.15. The lowest BCUT2D eigenvalue weighted by molar-refractivity contribution is -0.139. The van der Waals surface area contributed by atoms with E-state index in [4.69, 9.17) is 4.74 Å². The lowest BCUT2D eigenvalue weighted by atomic mass is 10.1. The highest BCUT2D eigenvalue weighted by atomic mass is 32.2. The fourth-order valence-electron chi connectivity index (χ4n) is 3.47. The second kappa shape index (κ2) is 12.6. The summed E-state index contributed by atoms with van der Waals surface area (Å²) in [6, 6.07) is 9.99. The van der Waals surface area contributed by atoms with E-state index in [0.717, 1.165) is 12.0 Å². The van der Waals surface area contributed by atoms with E-state index in [1.165, 1.54) is 11.8 Å². The molecule has 30 heavy (non-hydrogen) atoms. The van der Waals surface area contributed by atoms with Crippen LogP contribution in [0.2, 0.25) is 0 Å². The van der Waals surface area contributed by atoms with Gasteiger partial charge in [-0.15, -0.1) is 0 Å². The summed E-state index contributed by atoms with van der Waals surface area (Å²) < 4.78 is 5.91. The predicted octanol–water partition coefficient (Wildman–Crippen LogP) is 1.52. The van der Waals surface area contributed by atoms with Gasteiger partial charge in [-0.2, -0.15) is 11.8 Å². The van der Waals surface area contributed by atoms with Crippen LogP contribution in [0.3, 0.4) is 0 Å². The smallest absolute Gasteiger partial charge is 0.248 e. The number of thioether (sulfide) groups is 1. The summed E-state index contributed by atoms with van der Waals surface area (Å²) >= 11 is 1.43. The van der Waals surface area contributed by atoms with E-state index < -0.39 is 6.10 Å². The molecule has 1 fully saturated rings. The Hall–Kier alpha value is -2.06. The molecule has 8 heteroatoms. The molecular weight excluding hydrogens is 402 g/mol. The van der Waals surface area contributed by atoms with Crippen molar-refractivity contribution in [2.75, 3.05) is 57.9 Å². The minimum atomic E-state index is -0.391. The van der Waals surface area contributed by atoms with E-state index in [9.17, 15) is 14.4 Å². The van der Waals surface area contributed by atoms with Crippen molar-refractivity contribution in [3.8, 4) is 0 Å². The van der Waals surface area contributed by atoms with Crippen LogP contribution in [0.5, 0.6) is 0 Å². The van der Waals surface area contributed by atoms with E-state index in [1.54, 1.807) is 14.7 Å². The molecule has 0 bridgehead atoms. The SMILES string of the molecule is CCN(CC)C(=O)CO[C@H]1CN(CCc2ccccc2)C(=O)CN(C(=O)CSC)C1. The molecule has 0 aromatic heterocycles. The van der Waals surface area contributed by atoms with Crippen molar-refractivity contribution in [3.05, 3.63) is 35.9 Å². The average molecular weight is 436 g/mol. The molecule has 1 heterocycles. The number of hydrogen-bond donors (Lipinski definition) is 0. The number of benzene rings is 1. The number of ether oxygens (including phenoxy) is 1. The molecule has 1 aliphatic heterocycles. The first-order valence-corrected chi connectivity index (χ1v) is 11.9. The molecule has 0 aliphatic carbocycles. The van der Waals surface area contributed by atoms with Crippen LogP contribution < -0.4 is 0 Å². The van der Waals surface area contributed by atoms with Gasteiger partial charge >= 0.3 is 0 Å². The summed E-state index contributed by atoms with van der Waals surface area (Å²) in [5.74, 6) is 0.0851. The van der Waals surface area contributed by atoms with Gasteiger partial charge in [0.25, 0.3) is 0 Å². The zero-order valence-electron chi connectivity index (χ0n) is 18.2. The largest absolute Gasteiger partial charge is 0.365 e. The second-order valence-electron chi connectivity index (χ2n) is 7.28. The summed E-state index contributed by atoms with van der Waals surface area (Å²) in [5.41, 5.74) is 1.15. The van der Waals surface area contributed by atoms with E-state index in [1.807, 2.05) is 50.4 Å². The zero-order chi connectivity index (χ0) is 21.9. The van der Waals surface area contributed by atoms with Gasteiger partial charge in [0.1, 0.15) is 6.61 Å². The summed E-state index contributed by atoms with van der Waals surface area (Å²) in [6.07, 6.45) is 2.20. The van der Waals surface area contributed by atoms with Gasteiger partial charge in [0.15, 0.2) is 0 Å². The number of rotatable bonds is 10.